The van der Waals surface area contributed by atoms with Crippen LogP contribution >= 0.6 is 22.6 Å². The first-order valence-corrected chi connectivity index (χ1v) is 7.27. The third-order valence-electron chi connectivity index (χ3n) is 3.73. The highest BCUT2D eigenvalue weighted by molar-refractivity contribution is 14.1. The van der Waals surface area contributed by atoms with Crippen LogP contribution in [0.15, 0.2) is 12.5 Å². The van der Waals surface area contributed by atoms with Crippen LogP contribution in [0.4, 0.5) is 5.82 Å². The van der Waals surface area contributed by atoms with Gasteiger partial charge in [0.05, 0.1) is 5.39 Å². The summed E-state index contributed by atoms with van der Waals surface area (Å²) in [5, 5.41) is 0.980. The van der Waals surface area contributed by atoms with Crippen LogP contribution in [0, 0.1) is 3.57 Å². The number of fused-ring (bicyclic) bond motifs is 1. The predicted octanol–water partition coefficient (Wildman–Crippen LogP) is 2.06. The Kier molecular flexibility index (Phi) is 3.14. The van der Waals surface area contributed by atoms with E-state index in [4.69, 9.17) is 11.5 Å². The molecule has 0 aromatic carbocycles. The van der Waals surface area contributed by atoms with Crippen molar-refractivity contribution in [2.75, 3.05) is 5.73 Å². The fourth-order valence-electron chi connectivity index (χ4n) is 2.72. The average Bonchev–Trinajstić information content (AvgIpc) is 2.69. The molecule has 96 valence electrons. The summed E-state index contributed by atoms with van der Waals surface area (Å²) in [4.78, 5) is 8.46. The summed E-state index contributed by atoms with van der Waals surface area (Å²) in [7, 11) is 0. The third kappa shape index (κ3) is 1.97. The smallest absolute Gasteiger partial charge is 0.146 e. The van der Waals surface area contributed by atoms with Gasteiger partial charge in [-0.1, -0.05) is 0 Å². The summed E-state index contributed by atoms with van der Waals surface area (Å²) in [6.07, 6.45) is 8.08. The number of aromatic nitrogens is 3. The van der Waals surface area contributed by atoms with E-state index in [-0.39, 0.29) is 0 Å². The second-order valence-corrected chi connectivity index (χ2v) is 6.07. The summed E-state index contributed by atoms with van der Waals surface area (Å²) in [5.41, 5.74) is 12.8. The number of rotatable bonds is 1. The molecular weight excluding hydrogens is 341 g/mol. The van der Waals surface area contributed by atoms with E-state index in [1.807, 2.05) is 0 Å². The highest BCUT2D eigenvalue weighted by atomic mass is 127. The molecule has 18 heavy (non-hydrogen) atoms. The van der Waals surface area contributed by atoms with E-state index in [9.17, 15) is 0 Å². The van der Waals surface area contributed by atoms with E-state index in [1.165, 1.54) is 0 Å². The molecule has 0 atom stereocenters. The summed E-state index contributed by atoms with van der Waals surface area (Å²) in [5.74, 6) is 0.565. The van der Waals surface area contributed by atoms with Gasteiger partial charge in [0.25, 0.3) is 0 Å². The van der Waals surface area contributed by atoms with Crippen LogP contribution in [0.2, 0.25) is 0 Å². The quantitative estimate of drug-likeness (QED) is 0.766. The van der Waals surface area contributed by atoms with Gasteiger partial charge in [-0.15, -0.1) is 0 Å². The number of nitrogen functional groups attached to an aromatic ring is 1. The molecule has 1 aliphatic carbocycles. The first-order chi connectivity index (χ1) is 8.66. The molecule has 0 unspecified atom stereocenters. The number of nitrogens with zero attached hydrogens (tertiary/aromatic N) is 3. The SMILES string of the molecule is Nc1ncnc2c1c(I)cn2C1CCC(N)CC1. The summed E-state index contributed by atoms with van der Waals surface area (Å²) >= 11 is 2.30. The number of halogens is 1. The van der Waals surface area contributed by atoms with Crippen molar-refractivity contribution < 1.29 is 0 Å². The Balaban J connectivity index is 2.05. The molecule has 4 N–H and O–H groups in total. The summed E-state index contributed by atoms with van der Waals surface area (Å²) in [6.45, 7) is 0. The Morgan fingerprint density at radius 3 is 2.67 bits per heavy atom. The first-order valence-electron chi connectivity index (χ1n) is 6.19. The molecule has 2 heterocycles. The van der Waals surface area contributed by atoms with Gasteiger partial charge >= 0.3 is 0 Å². The van der Waals surface area contributed by atoms with Crippen LogP contribution in [0.1, 0.15) is 31.7 Å². The zero-order chi connectivity index (χ0) is 12.7. The molecule has 1 aliphatic rings. The Labute approximate surface area is 119 Å². The Morgan fingerprint density at radius 1 is 1.22 bits per heavy atom. The van der Waals surface area contributed by atoms with Gasteiger partial charge in [-0.2, -0.15) is 0 Å². The standard InChI is InChI=1S/C12H16IN5/c13-9-5-18(8-3-1-7(14)2-4-8)12-10(9)11(15)16-6-17-12/h5-8H,1-4,14H2,(H2,15,16,17). The molecule has 0 saturated heterocycles. The van der Waals surface area contributed by atoms with Crippen LogP contribution in [-0.2, 0) is 0 Å². The van der Waals surface area contributed by atoms with Gasteiger partial charge in [0.15, 0.2) is 0 Å². The minimum atomic E-state index is 0.363. The van der Waals surface area contributed by atoms with Crippen LogP contribution in [0.5, 0.6) is 0 Å². The second kappa shape index (κ2) is 4.65. The lowest BCUT2D eigenvalue weighted by atomic mass is 9.92. The fraction of sp³-hybridized carbons (Fsp3) is 0.500. The lowest BCUT2D eigenvalue weighted by molar-refractivity contribution is 0.328. The Morgan fingerprint density at radius 2 is 1.94 bits per heavy atom. The van der Waals surface area contributed by atoms with E-state index in [0.717, 1.165) is 40.3 Å². The van der Waals surface area contributed by atoms with Crippen LogP contribution in [0.25, 0.3) is 11.0 Å². The van der Waals surface area contributed by atoms with Gasteiger partial charge in [-0.25, -0.2) is 9.97 Å². The summed E-state index contributed by atoms with van der Waals surface area (Å²) in [6, 6.07) is 0.854. The van der Waals surface area contributed by atoms with E-state index >= 15 is 0 Å². The molecule has 0 radical (unpaired) electrons. The largest absolute Gasteiger partial charge is 0.383 e. The molecule has 0 amide bonds. The van der Waals surface area contributed by atoms with Gasteiger partial charge in [-0.3, -0.25) is 0 Å². The van der Waals surface area contributed by atoms with Gasteiger partial charge in [0.1, 0.15) is 17.8 Å². The van der Waals surface area contributed by atoms with Crippen molar-refractivity contribution in [1.82, 2.24) is 14.5 Å². The molecule has 5 nitrogen and oxygen atoms in total. The molecule has 0 spiro atoms. The number of nitrogens with two attached hydrogens (primary N) is 2. The normalized spacial score (nSPS) is 24.6. The first kappa shape index (κ1) is 12.2. The molecular formula is C12H16IN5. The maximum Gasteiger partial charge on any atom is 0.146 e. The van der Waals surface area contributed by atoms with Crippen molar-refractivity contribution >= 4 is 39.4 Å². The van der Waals surface area contributed by atoms with Crippen LogP contribution < -0.4 is 11.5 Å². The zero-order valence-electron chi connectivity index (χ0n) is 10.0. The highest BCUT2D eigenvalue weighted by Crippen LogP contribution is 2.33. The number of hydrogen-bond acceptors (Lipinski definition) is 4. The molecule has 2 aromatic heterocycles. The maximum absolute atomic E-state index is 5.96. The Hall–Kier alpha value is -0.890. The van der Waals surface area contributed by atoms with Crippen LogP contribution in [-0.4, -0.2) is 20.6 Å². The molecule has 0 bridgehead atoms. The van der Waals surface area contributed by atoms with Gasteiger partial charge < -0.3 is 16.0 Å². The van der Waals surface area contributed by atoms with E-state index in [2.05, 4.69) is 43.3 Å². The van der Waals surface area contributed by atoms with Crippen molar-refractivity contribution in [3.05, 3.63) is 16.1 Å². The molecule has 6 heteroatoms. The van der Waals surface area contributed by atoms with Crippen molar-refractivity contribution in [2.24, 2.45) is 5.73 Å². The van der Waals surface area contributed by atoms with Crippen LogP contribution in [0.3, 0.4) is 0 Å². The molecule has 2 aromatic rings. The molecule has 1 fully saturated rings. The topological polar surface area (TPSA) is 82.8 Å². The molecule has 0 aliphatic heterocycles. The maximum atomic E-state index is 5.96. The number of hydrogen-bond donors (Lipinski definition) is 2. The minimum Gasteiger partial charge on any atom is -0.383 e. The van der Waals surface area contributed by atoms with Gasteiger partial charge in [-0.05, 0) is 48.3 Å². The second-order valence-electron chi connectivity index (χ2n) is 4.91. The van der Waals surface area contributed by atoms with E-state index in [0.29, 0.717) is 17.9 Å². The number of anilines is 1. The minimum absolute atomic E-state index is 0.363. The van der Waals surface area contributed by atoms with Crippen molar-refractivity contribution in [1.29, 1.82) is 0 Å². The lowest BCUT2D eigenvalue weighted by Crippen LogP contribution is -2.27. The summed E-state index contributed by atoms with van der Waals surface area (Å²) < 4.78 is 3.37. The monoisotopic (exact) mass is 357 g/mol. The van der Waals surface area contributed by atoms with Gasteiger partial charge in [0.2, 0.25) is 0 Å². The predicted molar refractivity (Wildman–Crippen MR) is 80.1 cm³/mol. The zero-order valence-corrected chi connectivity index (χ0v) is 12.2. The van der Waals surface area contributed by atoms with Crippen molar-refractivity contribution in [3.63, 3.8) is 0 Å². The lowest BCUT2D eigenvalue weighted by Gasteiger charge is -2.27. The fourth-order valence-corrected chi connectivity index (χ4v) is 3.54. The van der Waals surface area contributed by atoms with Crippen molar-refractivity contribution in [2.45, 2.75) is 37.8 Å². The van der Waals surface area contributed by atoms with E-state index in [1.54, 1.807) is 6.33 Å². The van der Waals surface area contributed by atoms with E-state index < -0.39 is 0 Å². The highest BCUT2D eigenvalue weighted by Gasteiger charge is 2.23. The Bertz CT molecular complexity index is 571. The van der Waals surface area contributed by atoms with Crippen molar-refractivity contribution in [3.8, 4) is 0 Å². The average molecular weight is 357 g/mol. The van der Waals surface area contributed by atoms with Gasteiger partial charge in [0, 0.05) is 21.9 Å². The molecule has 1 saturated carbocycles. The third-order valence-corrected chi connectivity index (χ3v) is 4.55. The molecule has 3 rings (SSSR count).